The van der Waals surface area contributed by atoms with Crippen molar-refractivity contribution in [3.63, 3.8) is 0 Å². The van der Waals surface area contributed by atoms with Crippen LogP contribution in [-0.4, -0.2) is 28.7 Å². The van der Waals surface area contributed by atoms with Crippen LogP contribution in [0.2, 0.25) is 0 Å². The number of hydrogen-bond donors (Lipinski definition) is 2. The van der Waals surface area contributed by atoms with E-state index in [9.17, 15) is 0 Å². The predicted octanol–water partition coefficient (Wildman–Crippen LogP) is 3.07. The average Bonchev–Trinajstić information content (AvgIpc) is 2.83. The number of nitrogens with zero attached hydrogens (tertiary/aromatic N) is 3. The van der Waals surface area contributed by atoms with E-state index in [1.54, 1.807) is 0 Å². The summed E-state index contributed by atoms with van der Waals surface area (Å²) in [7, 11) is 0. The Labute approximate surface area is 137 Å². The smallest absolute Gasteiger partial charge is 0.204 e. The highest BCUT2D eigenvalue weighted by Crippen LogP contribution is 2.30. The van der Waals surface area contributed by atoms with Gasteiger partial charge in [0, 0.05) is 12.1 Å². The summed E-state index contributed by atoms with van der Waals surface area (Å²) in [5, 5.41) is 15.9. The largest absolute Gasteiger partial charge is 0.353 e. The topological polar surface area (TPSA) is 65.7 Å². The van der Waals surface area contributed by atoms with Gasteiger partial charge in [-0.3, -0.25) is 0 Å². The summed E-state index contributed by atoms with van der Waals surface area (Å²) in [6, 6.07) is 8.75. The van der Waals surface area contributed by atoms with Gasteiger partial charge < -0.3 is 15.2 Å². The van der Waals surface area contributed by atoms with Crippen LogP contribution in [0.1, 0.15) is 38.3 Å². The molecule has 6 heteroatoms. The molecule has 5 nitrogen and oxygen atoms in total. The fourth-order valence-electron chi connectivity index (χ4n) is 2.96. The first-order valence-corrected chi connectivity index (χ1v) is 7.58. The normalized spacial score (nSPS) is 15.5. The molecule has 0 saturated carbocycles. The minimum Gasteiger partial charge on any atom is -0.353 e. The van der Waals surface area contributed by atoms with Gasteiger partial charge in [0.25, 0.3) is 0 Å². The van der Waals surface area contributed by atoms with Crippen LogP contribution < -0.4 is 10.6 Å². The van der Waals surface area contributed by atoms with E-state index in [-0.39, 0.29) is 12.4 Å². The van der Waals surface area contributed by atoms with E-state index >= 15 is 0 Å². The highest BCUT2D eigenvalue weighted by Gasteiger charge is 2.21. The van der Waals surface area contributed by atoms with E-state index in [2.05, 4.69) is 35.1 Å². The Morgan fingerprint density at radius 2 is 2.09 bits per heavy atom. The molecule has 118 valence electrons. The molecule has 2 N–H and O–H groups in total. The van der Waals surface area contributed by atoms with Crippen LogP contribution in [-0.2, 0) is 0 Å². The molecule has 2 heterocycles. The Morgan fingerprint density at radius 1 is 1.36 bits per heavy atom. The molecule has 22 heavy (non-hydrogen) atoms. The zero-order valence-electron chi connectivity index (χ0n) is 13.0. The molecule has 1 aromatic carbocycles. The van der Waals surface area contributed by atoms with E-state index < -0.39 is 0 Å². The predicted molar refractivity (Wildman–Crippen MR) is 91.6 cm³/mol. The third kappa shape index (κ3) is 3.18. The molecule has 0 aliphatic carbocycles. The Bertz CT molecular complexity index is 680. The molecule has 1 aliphatic heterocycles. The number of nitrogens with one attached hydrogen (secondary N) is 2. The summed E-state index contributed by atoms with van der Waals surface area (Å²) in [5.41, 5.74) is 2.67. The molecule has 1 saturated heterocycles. The lowest BCUT2D eigenvalue weighted by molar-refractivity contribution is 0.377. The summed E-state index contributed by atoms with van der Waals surface area (Å²) in [5.74, 6) is 0.919. The zero-order valence-corrected chi connectivity index (χ0v) is 13.8. The lowest BCUT2D eigenvalue weighted by Crippen LogP contribution is -2.30. The first-order chi connectivity index (χ1) is 10.2. The standard InChI is InChI=1S/C16H21N5.ClH/c1-11(2)19-16-20-14-9-12(10-17)3-4-15(14)21(16)13-5-7-18-8-6-13;/h3-4,9,11,13,18H,5-8H2,1-2H3,(H,19,20);1H. The third-order valence-corrected chi connectivity index (χ3v) is 3.91. The van der Waals surface area contributed by atoms with Gasteiger partial charge in [-0.1, -0.05) is 0 Å². The summed E-state index contributed by atoms with van der Waals surface area (Å²) < 4.78 is 2.32. The van der Waals surface area contributed by atoms with Gasteiger partial charge in [0.05, 0.1) is 22.7 Å². The number of benzene rings is 1. The van der Waals surface area contributed by atoms with Gasteiger partial charge in [-0.25, -0.2) is 4.98 Å². The van der Waals surface area contributed by atoms with Crippen LogP contribution in [0.15, 0.2) is 18.2 Å². The Balaban J connectivity index is 0.00000176. The molecule has 0 spiro atoms. The molecule has 0 radical (unpaired) electrons. The first kappa shape index (κ1) is 16.6. The average molecular weight is 320 g/mol. The van der Waals surface area contributed by atoms with Crippen LogP contribution in [0.5, 0.6) is 0 Å². The van der Waals surface area contributed by atoms with Crippen LogP contribution in [0.25, 0.3) is 11.0 Å². The van der Waals surface area contributed by atoms with Crippen molar-refractivity contribution in [3.8, 4) is 6.07 Å². The second kappa shape index (κ2) is 6.99. The fourth-order valence-corrected chi connectivity index (χ4v) is 2.96. The van der Waals surface area contributed by atoms with Gasteiger partial charge in [-0.05, 0) is 58.0 Å². The van der Waals surface area contributed by atoms with Crippen molar-refractivity contribution in [2.75, 3.05) is 18.4 Å². The van der Waals surface area contributed by atoms with Crippen molar-refractivity contribution in [2.24, 2.45) is 0 Å². The van der Waals surface area contributed by atoms with Crippen LogP contribution in [0, 0.1) is 11.3 Å². The van der Waals surface area contributed by atoms with Crippen molar-refractivity contribution in [2.45, 2.75) is 38.8 Å². The summed E-state index contributed by atoms with van der Waals surface area (Å²) in [6.07, 6.45) is 2.22. The van der Waals surface area contributed by atoms with Crippen LogP contribution in [0.3, 0.4) is 0 Å². The highest BCUT2D eigenvalue weighted by molar-refractivity contribution is 5.85. The van der Waals surface area contributed by atoms with Gasteiger partial charge in [0.15, 0.2) is 0 Å². The molecule has 3 rings (SSSR count). The maximum atomic E-state index is 9.06. The lowest BCUT2D eigenvalue weighted by atomic mass is 10.1. The van der Waals surface area contributed by atoms with Crippen molar-refractivity contribution in [1.29, 1.82) is 5.26 Å². The molecule has 0 atom stereocenters. The van der Waals surface area contributed by atoms with E-state index in [0.717, 1.165) is 42.9 Å². The van der Waals surface area contributed by atoms with Crippen molar-refractivity contribution in [3.05, 3.63) is 23.8 Å². The van der Waals surface area contributed by atoms with Gasteiger partial charge >= 0.3 is 0 Å². The quantitative estimate of drug-likeness (QED) is 0.912. The number of nitriles is 1. The number of piperidine rings is 1. The van der Waals surface area contributed by atoms with E-state index in [4.69, 9.17) is 10.2 Å². The molecule has 0 unspecified atom stereocenters. The minimum atomic E-state index is 0. The number of hydrogen-bond acceptors (Lipinski definition) is 4. The van der Waals surface area contributed by atoms with E-state index in [0.29, 0.717) is 17.6 Å². The zero-order chi connectivity index (χ0) is 14.8. The Hall–Kier alpha value is -1.77. The molecule has 0 bridgehead atoms. The molecule has 0 amide bonds. The maximum absolute atomic E-state index is 9.06. The van der Waals surface area contributed by atoms with Crippen molar-refractivity contribution < 1.29 is 0 Å². The molecular formula is C16H22ClN5. The number of rotatable bonds is 3. The SMILES string of the molecule is CC(C)Nc1nc2cc(C#N)ccc2n1C1CCNCC1.Cl. The summed E-state index contributed by atoms with van der Waals surface area (Å²) >= 11 is 0. The van der Waals surface area contributed by atoms with Gasteiger partial charge in [0.1, 0.15) is 0 Å². The molecule has 1 aliphatic rings. The molecular weight excluding hydrogens is 298 g/mol. The number of aromatic nitrogens is 2. The van der Waals surface area contributed by atoms with E-state index in [1.807, 2.05) is 18.2 Å². The minimum absolute atomic E-state index is 0. The number of fused-ring (bicyclic) bond motifs is 1. The van der Waals surface area contributed by atoms with Crippen LogP contribution in [0.4, 0.5) is 5.95 Å². The van der Waals surface area contributed by atoms with Crippen molar-refractivity contribution >= 4 is 29.4 Å². The first-order valence-electron chi connectivity index (χ1n) is 7.58. The van der Waals surface area contributed by atoms with Crippen molar-refractivity contribution in [1.82, 2.24) is 14.9 Å². The number of anilines is 1. The van der Waals surface area contributed by atoms with Gasteiger partial charge in [-0.15, -0.1) is 12.4 Å². The van der Waals surface area contributed by atoms with Gasteiger partial charge in [0.2, 0.25) is 5.95 Å². The maximum Gasteiger partial charge on any atom is 0.204 e. The molecule has 1 fully saturated rings. The Kier molecular flexibility index (Phi) is 5.28. The van der Waals surface area contributed by atoms with E-state index in [1.165, 1.54) is 0 Å². The molecule has 2 aromatic rings. The summed E-state index contributed by atoms with van der Waals surface area (Å²) in [4.78, 5) is 4.72. The monoisotopic (exact) mass is 319 g/mol. The summed E-state index contributed by atoms with van der Waals surface area (Å²) in [6.45, 7) is 6.32. The number of imidazole rings is 1. The fraction of sp³-hybridized carbons (Fsp3) is 0.500. The van der Waals surface area contributed by atoms with Gasteiger partial charge in [-0.2, -0.15) is 5.26 Å². The Morgan fingerprint density at radius 3 is 2.73 bits per heavy atom. The lowest BCUT2D eigenvalue weighted by Gasteiger charge is -2.26. The highest BCUT2D eigenvalue weighted by atomic mass is 35.5. The second-order valence-electron chi connectivity index (χ2n) is 5.90. The third-order valence-electron chi connectivity index (χ3n) is 3.91. The molecule has 1 aromatic heterocycles. The number of halogens is 1. The second-order valence-corrected chi connectivity index (χ2v) is 5.90. The van der Waals surface area contributed by atoms with Crippen LogP contribution >= 0.6 is 12.4 Å².